The maximum Gasteiger partial charge on any atom is 0.412 e. The van der Waals surface area contributed by atoms with Gasteiger partial charge in [0.05, 0.1) is 12.3 Å². The van der Waals surface area contributed by atoms with E-state index in [0.29, 0.717) is 6.42 Å². The number of halogens is 7. The van der Waals surface area contributed by atoms with Crippen molar-refractivity contribution in [3.8, 4) is 28.0 Å². The molecule has 1 nitrogen and oxygen atoms in total. The molecule has 0 aliphatic rings. The van der Waals surface area contributed by atoms with Crippen LogP contribution in [0.3, 0.4) is 0 Å². The van der Waals surface area contributed by atoms with Gasteiger partial charge in [-0.3, -0.25) is 0 Å². The molecule has 0 amide bonds. The van der Waals surface area contributed by atoms with Gasteiger partial charge in [-0.2, -0.15) is 13.2 Å². The third kappa shape index (κ3) is 5.49. The molecule has 168 valence electrons. The molecule has 0 heterocycles. The SMILES string of the molecule is CCCc1ccc(-c2ccc(-c3cc(F)c(O/C=C/C(F)(F)F)c(F)c3)c(F)c2)c(F)c1. The third-order valence-electron chi connectivity index (χ3n) is 4.60. The fraction of sp³-hybridized carbons (Fsp3) is 0.167. The van der Waals surface area contributed by atoms with Crippen molar-refractivity contribution in [3.63, 3.8) is 0 Å². The summed E-state index contributed by atoms with van der Waals surface area (Å²) in [6.07, 6.45) is -3.39. The van der Waals surface area contributed by atoms with Crippen molar-refractivity contribution < 1.29 is 35.5 Å². The van der Waals surface area contributed by atoms with Crippen LogP contribution in [0.2, 0.25) is 0 Å². The number of ether oxygens (including phenoxy) is 1. The topological polar surface area (TPSA) is 9.23 Å². The number of allylic oxidation sites excluding steroid dienone is 1. The second-order valence-corrected chi connectivity index (χ2v) is 6.99. The molecule has 0 radical (unpaired) electrons. The van der Waals surface area contributed by atoms with Crippen LogP contribution in [0, 0.1) is 23.3 Å². The molecule has 0 atom stereocenters. The highest BCUT2D eigenvalue weighted by Gasteiger charge is 2.23. The molecular weight excluding hydrogens is 437 g/mol. The molecule has 0 spiro atoms. The molecule has 0 saturated heterocycles. The van der Waals surface area contributed by atoms with Crippen LogP contribution in [0.5, 0.6) is 5.75 Å². The van der Waals surface area contributed by atoms with Crippen molar-refractivity contribution in [2.24, 2.45) is 0 Å². The molecule has 3 aromatic rings. The summed E-state index contributed by atoms with van der Waals surface area (Å²) in [4.78, 5) is 0. The van der Waals surface area contributed by atoms with Crippen molar-refractivity contribution in [2.45, 2.75) is 25.9 Å². The fourth-order valence-electron chi connectivity index (χ4n) is 3.16. The first kappa shape index (κ1) is 23.4. The van der Waals surface area contributed by atoms with E-state index in [-0.39, 0.29) is 34.6 Å². The van der Waals surface area contributed by atoms with E-state index in [1.807, 2.05) is 6.92 Å². The molecule has 0 unspecified atom stereocenters. The van der Waals surface area contributed by atoms with Crippen molar-refractivity contribution >= 4 is 0 Å². The Labute approximate surface area is 179 Å². The van der Waals surface area contributed by atoms with Gasteiger partial charge in [-0.05, 0) is 47.4 Å². The molecule has 0 bridgehead atoms. The lowest BCUT2D eigenvalue weighted by Crippen LogP contribution is -2.02. The third-order valence-corrected chi connectivity index (χ3v) is 4.60. The van der Waals surface area contributed by atoms with Gasteiger partial charge in [0, 0.05) is 11.1 Å². The smallest absolute Gasteiger partial charge is 0.412 e. The molecule has 0 aliphatic heterocycles. The predicted octanol–water partition coefficient (Wildman–Crippen LogP) is 7.98. The molecule has 3 rings (SSSR count). The Hall–Kier alpha value is -3.29. The largest absolute Gasteiger partial charge is 0.459 e. The normalized spacial score (nSPS) is 11.9. The second-order valence-electron chi connectivity index (χ2n) is 6.99. The molecular formula is C24H17F7O. The minimum atomic E-state index is -4.71. The number of hydrogen-bond acceptors (Lipinski definition) is 1. The van der Waals surface area contributed by atoms with E-state index >= 15 is 0 Å². The zero-order valence-electron chi connectivity index (χ0n) is 16.7. The number of alkyl halides is 3. The lowest BCUT2D eigenvalue weighted by Gasteiger charge is -2.11. The first-order valence-corrected chi connectivity index (χ1v) is 9.58. The number of hydrogen-bond donors (Lipinski definition) is 0. The van der Waals surface area contributed by atoms with E-state index < -0.39 is 35.2 Å². The maximum absolute atomic E-state index is 14.7. The Morgan fingerprint density at radius 2 is 1.31 bits per heavy atom. The van der Waals surface area contributed by atoms with Crippen LogP contribution in [0.25, 0.3) is 22.3 Å². The lowest BCUT2D eigenvalue weighted by molar-refractivity contribution is -0.0809. The van der Waals surface area contributed by atoms with Crippen molar-refractivity contribution in [3.05, 3.63) is 89.7 Å². The molecule has 32 heavy (non-hydrogen) atoms. The van der Waals surface area contributed by atoms with Crippen LogP contribution in [0.1, 0.15) is 18.9 Å². The molecule has 0 fully saturated rings. The van der Waals surface area contributed by atoms with Crippen LogP contribution in [-0.2, 0) is 6.42 Å². The van der Waals surface area contributed by atoms with Gasteiger partial charge in [0.2, 0.25) is 0 Å². The average molecular weight is 454 g/mol. The predicted molar refractivity (Wildman–Crippen MR) is 107 cm³/mol. The molecule has 0 aliphatic carbocycles. The van der Waals surface area contributed by atoms with Crippen LogP contribution >= 0.6 is 0 Å². The highest BCUT2D eigenvalue weighted by molar-refractivity contribution is 5.72. The summed E-state index contributed by atoms with van der Waals surface area (Å²) in [7, 11) is 0. The van der Waals surface area contributed by atoms with E-state index in [1.165, 1.54) is 24.3 Å². The van der Waals surface area contributed by atoms with Gasteiger partial charge >= 0.3 is 6.18 Å². The van der Waals surface area contributed by atoms with Gasteiger partial charge in [0.25, 0.3) is 0 Å². The van der Waals surface area contributed by atoms with Gasteiger partial charge in [0.1, 0.15) is 11.6 Å². The first-order chi connectivity index (χ1) is 15.1. The standard InChI is InChI=1S/C24H17F7O/c1-2-3-14-4-6-17(19(25)10-14)15-5-7-18(20(26)11-15)16-12-21(27)23(22(28)13-16)32-9-8-24(29,30)31/h4-13H,2-3H2,1H3/b9-8+. The Morgan fingerprint density at radius 1 is 0.750 bits per heavy atom. The van der Waals surface area contributed by atoms with Crippen molar-refractivity contribution in [1.29, 1.82) is 0 Å². The van der Waals surface area contributed by atoms with Crippen LogP contribution < -0.4 is 4.74 Å². The minimum Gasteiger partial charge on any atom is -0.459 e. The first-order valence-electron chi connectivity index (χ1n) is 9.58. The Balaban J connectivity index is 1.90. The Kier molecular flexibility index (Phi) is 6.91. The van der Waals surface area contributed by atoms with E-state index in [4.69, 9.17) is 0 Å². The summed E-state index contributed by atoms with van der Waals surface area (Å²) in [5, 5.41) is 0. The monoisotopic (exact) mass is 454 g/mol. The highest BCUT2D eigenvalue weighted by Crippen LogP contribution is 2.33. The highest BCUT2D eigenvalue weighted by atomic mass is 19.4. The van der Waals surface area contributed by atoms with Gasteiger partial charge in [0.15, 0.2) is 17.4 Å². The van der Waals surface area contributed by atoms with Gasteiger partial charge in [-0.1, -0.05) is 37.6 Å². The number of benzene rings is 3. The van der Waals surface area contributed by atoms with Crippen LogP contribution in [0.4, 0.5) is 30.7 Å². The zero-order valence-corrected chi connectivity index (χ0v) is 16.7. The summed E-state index contributed by atoms with van der Waals surface area (Å²) in [5.74, 6) is -5.06. The summed E-state index contributed by atoms with van der Waals surface area (Å²) in [6, 6.07) is 9.81. The summed E-state index contributed by atoms with van der Waals surface area (Å²) in [5.41, 5.74) is 0.851. The van der Waals surface area contributed by atoms with Gasteiger partial charge < -0.3 is 4.74 Å². The fourth-order valence-corrected chi connectivity index (χ4v) is 3.16. The molecule has 8 heteroatoms. The van der Waals surface area contributed by atoms with Gasteiger partial charge in [-0.25, -0.2) is 17.6 Å². The number of aryl methyl sites for hydroxylation is 1. The van der Waals surface area contributed by atoms with Gasteiger partial charge in [-0.15, -0.1) is 0 Å². The average Bonchev–Trinajstić information content (AvgIpc) is 2.69. The number of rotatable bonds is 6. The molecule has 0 saturated carbocycles. The van der Waals surface area contributed by atoms with E-state index in [9.17, 15) is 30.7 Å². The quantitative estimate of drug-likeness (QED) is 0.271. The summed E-state index contributed by atoms with van der Waals surface area (Å²) < 4.78 is 98.2. The Morgan fingerprint density at radius 3 is 1.88 bits per heavy atom. The minimum absolute atomic E-state index is 0.108. The van der Waals surface area contributed by atoms with Crippen LogP contribution in [0.15, 0.2) is 60.9 Å². The summed E-state index contributed by atoms with van der Waals surface area (Å²) in [6.45, 7) is 1.96. The molecule has 0 aromatic heterocycles. The second kappa shape index (κ2) is 9.46. The lowest BCUT2D eigenvalue weighted by atomic mass is 9.97. The molecule has 0 N–H and O–H groups in total. The van der Waals surface area contributed by atoms with E-state index in [1.54, 1.807) is 6.07 Å². The van der Waals surface area contributed by atoms with Crippen LogP contribution in [-0.4, -0.2) is 6.18 Å². The van der Waals surface area contributed by atoms with E-state index in [0.717, 1.165) is 30.2 Å². The van der Waals surface area contributed by atoms with Crippen molar-refractivity contribution in [2.75, 3.05) is 0 Å². The zero-order chi connectivity index (χ0) is 23.5. The summed E-state index contributed by atoms with van der Waals surface area (Å²) >= 11 is 0. The maximum atomic E-state index is 14.7. The Bertz CT molecular complexity index is 1130. The van der Waals surface area contributed by atoms with Crippen molar-refractivity contribution in [1.82, 2.24) is 0 Å². The molecule has 3 aromatic carbocycles. The van der Waals surface area contributed by atoms with E-state index in [2.05, 4.69) is 4.74 Å².